The van der Waals surface area contributed by atoms with Gasteiger partial charge in [-0.05, 0) is 64.0 Å². The Hall–Kier alpha value is -2.81. The lowest BCUT2D eigenvalue weighted by Gasteiger charge is -2.36. The number of piperidine rings is 1. The maximum atomic E-state index is 14.1. The van der Waals surface area contributed by atoms with Crippen molar-refractivity contribution in [3.05, 3.63) is 63.5 Å². The van der Waals surface area contributed by atoms with Crippen molar-refractivity contribution in [2.45, 2.75) is 38.3 Å². The summed E-state index contributed by atoms with van der Waals surface area (Å²) < 4.78 is 19.9. The molecule has 1 saturated heterocycles. The number of hydrogen-bond acceptors (Lipinski definition) is 7. The van der Waals surface area contributed by atoms with Crippen molar-refractivity contribution in [1.29, 1.82) is 0 Å². The highest BCUT2D eigenvalue weighted by Crippen LogP contribution is 2.36. The first-order chi connectivity index (χ1) is 18.3. The number of halogens is 3. The number of rotatable bonds is 7. The number of benzene rings is 2. The van der Waals surface area contributed by atoms with E-state index < -0.39 is 5.82 Å². The summed E-state index contributed by atoms with van der Waals surface area (Å²) in [5.41, 5.74) is 4.36. The molecule has 5 rings (SSSR count). The summed E-state index contributed by atoms with van der Waals surface area (Å²) in [6.07, 6.45) is 4.03. The van der Waals surface area contributed by atoms with Crippen LogP contribution in [0, 0.1) is 5.82 Å². The average Bonchev–Trinajstić information content (AvgIpc) is 2.93. The second-order valence-electron chi connectivity index (χ2n) is 10.1. The van der Waals surface area contributed by atoms with Crippen LogP contribution in [0.5, 0.6) is 5.75 Å². The second-order valence-corrected chi connectivity index (χ2v) is 10.9. The molecule has 2 aliphatic rings. The van der Waals surface area contributed by atoms with Gasteiger partial charge in [0.25, 0.3) is 0 Å². The van der Waals surface area contributed by atoms with Crippen molar-refractivity contribution < 1.29 is 9.13 Å². The summed E-state index contributed by atoms with van der Waals surface area (Å²) >= 11 is 12.6. The Bertz CT molecular complexity index is 1300. The Morgan fingerprint density at radius 2 is 1.87 bits per heavy atom. The summed E-state index contributed by atoms with van der Waals surface area (Å²) in [5.74, 6) is 0.869. The summed E-state index contributed by atoms with van der Waals surface area (Å²) in [5, 5.41) is 12.8. The first kappa shape index (κ1) is 26.8. The molecule has 202 valence electrons. The van der Waals surface area contributed by atoms with Crippen molar-refractivity contribution >= 4 is 46.1 Å². The summed E-state index contributed by atoms with van der Waals surface area (Å²) in [7, 11) is 5.98. The van der Waals surface area contributed by atoms with Crippen LogP contribution in [-0.2, 0) is 13.0 Å². The van der Waals surface area contributed by atoms with Crippen molar-refractivity contribution in [2.24, 2.45) is 0 Å². The SMILES string of the molecule is COc1cc(N2CCC(N(C)C)CC2)ccc1Nc1cc2c(nn1)CCCN2Cc1c(Cl)ccc(F)c1Cl. The van der Waals surface area contributed by atoms with Crippen molar-refractivity contribution in [2.75, 3.05) is 56.0 Å². The van der Waals surface area contributed by atoms with E-state index in [0.29, 0.717) is 29.0 Å². The normalized spacial score (nSPS) is 16.1. The third-order valence-electron chi connectivity index (χ3n) is 7.53. The predicted molar refractivity (Wildman–Crippen MR) is 153 cm³/mol. The molecule has 0 bridgehead atoms. The van der Waals surface area contributed by atoms with Gasteiger partial charge in [-0.2, -0.15) is 5.10 Å². The maximum Gasteiger partial charge on any atom is 0.155 e. The third-order valence-corrected chi connectivity index (χ3v) is 8.29. The lowest BCUT2D eigenvalue weighted by atomic mass is 10.0. The van der Waals surface area contributed by atoms with Crippen LogP contribution in [0.15, 0.2) is 36.4 Å². The molecule has 38 heavy (non-hydrogen) atoms. The quantitative estimate of drug-likeness (QED) is 0.348. The highest BCUT2D eigenvalue weighted by molar-refractivity contribution is 6.36. The van der Waals surface area contributed by atoms with E-state index in [1.807, 2.05) is 12.1 Å². The van der Waals surface area contributed by atoms with E-state index in [9.17, 15) is 4.39 Å². The van der Waals surface area contributed by atoms with Gasteiger partial charge in [-0.15, -0.1) is 5.10 Å². The molecule has 7 nitrogen and oxygen atoms in total. The topological polar surface area (TPSA) is 56.8 Å². The smallest absolute Gasteiger partial charge is 0.155 e. The molecular weight excluding hydrogens is 526 g/mol. The fourth-order valence-corrected chi connectivity index (χ4v) is 5.80. The van der Waals surface area contributed by atoms with Gasteiger partial charge in [0.05, 0.1) is 29.2 Å². The Kier molecular flexibility index (Phi) is 8.12. The average molecular weight is 560 g/mol. The van der Waals surface area contributed by atoms with Crippen LogP contribution >= 0.6 is 23.2 Å². The van der Waals surface area contributed by atoms with Gasteiger partial charge in [0.1, 0.15) is 11.6 Å². The Labute approximate surface area is 233 Å². The van der Waals surface area contributed by atoms with Gasteiger partial charge in [-0.1, -0.05) is 23.2 Å². The molecule has 0 spiro atoms. The van der Waals surface area contributed by atoms with Crippen LogP contribution < -0.4 is 19.9 Å². The number of hydrogen-bond donors (Lipinski definition) is 1. The van der Waals surface area contributed by atoms with Crippen LogP contribution in [0.2, 0.25) is 10.0 Å². The molecule has 1 fully saturated rings. The monoisotopic (exact) mass is 558 g/mol. The van der Waals surface area contributed by atoms with Crippen molar-refractivity contribution in [1.82, 2.24) is 15.1 Å². The van der Waals surface area contributed by atoms with Crippen molar-refractivity contribution in [3.63, 3.8) is 0 Å². The Morgan fingerprint density at radius 1 is 1.08 bits per heavy atom. The Balaban J connectivity index is 1.35. The number of nitrogens with zero attached hydrogens (tertiary/aromatic N) is 5. The van der Waals surface area contributed by atoms with Crippen LogP contribution in [0.4, 0.5) is 27.3 Å². The second kappa shape index (κ2) is 11.5. The molecule has 2 aromatic carbocycles. The lowest BCUT2D eigenvalue weighted by molar-refractivity contribution is 0.249. The number of ether oxygens (including phenoxy) is 1. The van der Waals surface area contributed by atoms with Gasteiger partial charge in [-0.3, -0.25) is 0 Å². The summed E-state index contributed by atoms with van der Waals surface area (Å²) in [4.78, 5) is 6.85. The number of nitrogens with one attached hydrogen (secondary N) is 1. The van der Waals surface area contributed by atoms with Gasteiger partial charge in [0, 0.05) is 60.6 Å². The molecular formula is C28H33Cl2FN6O. The minimum absolute atomic E-state index is 0.0563. The molecule has 0 radical (unpaired) electrons. The van der Waals surface area contributed by atoms with Gasteiger partial charge in [-0.25, -0.2) is 4.39 Å². The molecule has 3 heterocycles. The number of fused-ring (bicyclic) bond motifs is 1. The zero-order valence-electron chi connectivity index (χ0n) is 22.0. The van der Waals surface area contributed by atoms with Gasteiger partial charge in [0.15, 0.2) is 5.82 Å². The highest BCUT2D eigenvalue weighted by Gasteiger charge is 2.24. The minimum Gasteiger partial charge on any atom is -0.494 e. The van der Waals surface area contributed by atoms with Gasteiger partial charge < -0.3 is 24.8 Å². The summed E-state index contributed by atoms with van der Waals surface area (Å²) in [6, 6.07) is 11.7. The number of aryl methyl sites for hydroxylation is 1. The van der Waals surface area contributed by atoms with E-state index in [4.69, 9.17) is 27.9 Å². The standard InChI is InChI=1S/C28H33Cl2FN6O/c1-35(2)18-10-13-36(14-11-18)19-6-9-24(26(15-19)38-3)32-27-16-25-23(33-34-27)5-4-12-37(25)17-20-21(29)7-8-22(31)28(20)30/h6-9,15-16,18H,4-5,10-14,17H2,1-3H3,(H,32,34). The van der Waals surface area contributed by atoms with E-state index in [2.05, 4.69) is 56.4 Å². The molecule has 0 amide bonds. The molecule has 0 saturated carbocycles. The first-order valence-corrected chi connectivity index (χ1v) is 13.7. The zero-order chi connectivity index (χ0) is 26.8. The zero-order valence-corrected chi connectivity index (χ0v) is 23.5. The highest BCUT2D eigenvalue weighted by atomic mass is 35.5. The van der Waals surface area contributed by atoms with E-state index in [1.54, 1.807) is 13.2 Å². The molecule has 1 aromatic heterocycles. The van der Waals surface area contributed by atoms with Crippen LogP contribution in [-0.4, -0.2) is 62.0 Å². The van der Waals surface area contributed by atoms with Gasteiger partial charge >= 0.3 is 0 Å². The Morgan fingerprint density at radius 3 is 2.61 bits per heavy atom. The molecule has 0 atom stereocenters. The van der Waals surface area contributed by atoms with E-state index in [-0.39, 0.29) is 5.02 Å². The fraction of sp³-hybridized carbons (Fsp3) is 0.429. The van der Waals surface area contributed by atoms with E-state index in [1.165, 1.54) is 6.07 Å². The number of methoxy groups -OCH3 is 1. The fourth-order valence-electron chi connectivity index (χ4n) is 5.31. The third kappa shape index (κ3) is 5.63. The minimum atomic E-state index is -0.476. The molecule has 0 aliphatic carbocycles. The molecule has 1 N–H and O–H groups in total. The van der Waals surface area contributed by atoms with Crippen LogP contribution in [0.25, 0.3) is 0 Å². The molecule has 0 unspecified atom stereocenters. The van der Waals surface area contributed by atoms with Crippen LogP contribution in [0.3, 0.4) is 0 Å². The lowest BCUT2D eigenvalue weighted by Crippen LogP contribution is -2.41. The van der Waals surface area contributed by atoms with Crippen LogP contribution in [0.1, 0.15) is 30.5 Å². The van der Waals surface area contributed by atoms with Crippen molar-refractivity contribution in [3.8, 4) is 5.75 Å². The van der Waals surface area contributed by atoms with E-state index >= 15 is 0 Å². The molecule has 10 heteroatoms. The number of anilines is 4. The molecule has 2 aliphatic heterocycles. The van der Waals surface area contributed by atoms with Gasteiger partial charge in [0.2, 0.25) is 0 Å². The molecule has 3 aromatic rings. The van der Waals surface area contributed by atoms with E-state index in [0.717, 1.165) is 73.8 Å². The number of aromatic nitrogens is 2. The predicted octanol–water partition coefficient (Wildman–Crippen LogP) is 6.16. The largest absolute Gasteiger partial charge is 0.494 e. The maximum absolute atomic E-state index is 14.1. The first-order valence-electron chi connectivity index (χ1n) is 12.9. The summed E-state index contributed by atoms with van der Waals surface area (Å²) in [6.45, 7) is 3.20.